The van der Waals surface area contributed by atoms with Crippen LogP contribution in [-0.4, -0.2) is 73.4 Å². The van der Waals surface area contributed by atoms with Gasteiger partial charge in [0.15, 0.2) is 0 Å². The number of fused-ring (bicyclic) bond motifs is 1. The number of hydrogen-bond donors (Lipinski definition) is 0. The zero-order chi connectivity index (χ0) is 30.7. The maximum Gasteiger partial charge on any atom is 0.316 e. The summed E-state index contributed by atoms with van der Waals surface area (Å²) in [5.41, 5.74) is 2.52. The Morgan fingerprint density at radius 3 is 2.56 bits per heavy atom. The average molecular weight is 645 g/mol. The lowest BCUT2D eigenvalue weighted by Crippen LogP contribution is -2.33. The van der Waals surface area contributed by atoms with Gasteiger partial charge in [0.25, 0.3) is 5.56 Å². The highest BCUT2D eigenvalue weighted by Crippen LogP contribution is 2.69. The summed E-state index contributed by atoms with van der Waals surface area (Å²) in [5.74, 6) is -1.44. The van der Waals surface area contributed by atoms with Gasteiger partial charge in [-0.1, -0.05) is 47.7 Å². The van der Waals surface area contributed by atoms with Crippen molar-refractivity contribution in [2.45, 2.75) is 24.8 Å². The number of benzene rings is 3. The third-order valence-corrected chi connectivity index (χ3v) is 13.5. The fourth-order valence-electron chi connectivity index (χ4n) is 4.27. The lowest BCUT2D eigenvalue weighted by atomic mass is 10.0. The Balaban J connectivity index is 1.32. The molecule has 230 valence electrons. The number of likely N-dealkylation sites (N-methyl/N-ethyl adjacent to an activating group) is 1. The van der Waals surface area contributed by atoms with Crippen LogP contribution in [0.3, 0.4) is 0 Å². The van der Waals surface area contributed by atoms with E-state index in [9.17, 15) is 9.36 Å². The Labute approximate surface area is 260 Å². The van der Waals surface area contributed by atoms with Crippen molar-refractivity contribution in [1.29, 1.82) is 0 Å². The second-order valence-electron chi connectivity index (χ2n) is 9.87. The van der Waals surface area contributed by atoms with Gasteiger partial charge in [-0.3, -0.25) is 9.36 Å². The summed E-state index contributed by atoms with van der Waals surface area (Å²) in [7, 11) is 6.98. The minimum Gasteiger partial charge on any atom is -0.497 e. The molecule has 0 saturated carbocycles. The Kier molecular flexibility index (Phi) is 12.5. The molecule has 0 fully saturated rings. The van der Waals surface area contributed by atoms with E-state index in [2.05, 4.69) is 22.4 Å². The molecule has 2 atom stereocenters. The van der Waals surface area contributed by atoms with Crippen LogP contribution in [-0.2, 0) is 32.5 Å². The molecular weight excluding hydrogens is 607 g/mol. The van der Waals surface area contributed by atoms with Gasteiger partial charge in [0.2, 0.25) is 0 Å². The van der Waals surface area contributed by atoms with Crippen LogP contribution in [0.25, 0.3) is 10.9 Å². The van der Waals surface area contributed by atoms with Crippen LogP contribution in [0.15, 0.2) is 77.6 Å². The number of methoxy groups -OCH3 is 1. The molecule has 0 radical (unpaired) electrons. The molecule has 3 aromatic carbocycles. The normalized spacial score (nSPS) is 13.6. The number of ether oxygens (including phenoxy) is 3. The van der Waals surface area contributed by atoms with Gasteiger partial charge in [-0.05, 0) is 91.2 Å². The fraction of sp³-hybridized carbons (Fsp3) is 0.367. The first-order valence-corrected chi connectivity index (χ1v) is 18.5. The molecule has 4 aromatic rings. The largest absolute Gasteiger partial charge is 0.497 e. The molecule has 0 aliphatic heterocycles. The molecule has 43 heavy (non-hydrogen) atoms. The topological polar surface area (TPSA) is 105 Å². The summed E-state index contributed by atoms with van der Waals surface area (Å²) in [5, 5.41) is 8.51. The zero-order valence-electron chi connectivity index (χ0n) is 24.8. The van der Waals surface area contributed by atoms with Crippen LogP contribution >= 0.6 is 28.5 Å². The summed E-state index contributed by atoms with van der Waals surface area (Å²) in [6.07, 6.45) is 1.39. The van der Waals surface area contributed by atoms with Gasteiger partial charge >= 0.3 is 5.77 Å². The molecular formula is C30H37N4O6PS2. The SMILES string of the molecule is COc1cccc(CCc2ccccc2OC[C@@H](CN(C)C)OCSP(=O)(OC)SCn2nnc3ccccc3c2=O)c1. The molecule has 1 aromatic heterocycles. The maximum absolute atomic E-state index is 13.4. The van der Waals surface area contributed by atoms with Crippen molar-refractivity contribution in [3.8, 4) is 11.5 Å². The van der Waals surface area contributed by atoms with Gasteiger partial charge in [-0.15, -0.1) is 5.10 Å². The fourth-order valence-corrected chi connectivity index (χ4v) is 9.02. The Bertz CT molecular complexity index is 1590. The number of aromatic nitrogens is 3. The number of rotatable bonds is 17. The summed E-state index contributed by atoms with van der Waals surface area (Å²) < 4.78 is 37.7. The van der Waals surface area contributed by atoms with E-state index in [0.717, 1.165) is 52.7 Å². The number of nitrogens with zero attached hydrogens (tertiary/aromatic N) is 4. The van der Waals surface area contributed by atoms with E-state index in [1.54, 1.807) is 31.4 Å². The van der Waals surface area contributed by atoms with Crippen molar-refractivity contribution in [2.75, 3.05) is 47.4 Å². The van der Waals surface area contributed by atoms with Crippen molar-refractivity contribution in [3.05, 3.63) is 94.3 Å². The van der Waals surface area contributed by atoms with Gasteiger partial charge in [-0.2, -0.15) is 4.68 Å². The first kappa shape index (κ1) is 33.0. The minimum absolute atomic E-state index is 0.0333. The van der Waals surface area contributed by atoms with Crippen LogP contribution in [0.1, 0.15) is 11.1 Å². The number of para-hydroxylation sites is 1. The molecule has 4 rings (SSSR count). The third kappa shape index (κ3) is 9.82. The van der Waals surface area contributed by atoms with Gasteiger partial charge in [-0.25, -0.2) is 0 Å². The van der Waals surface area contributed by atoms with Gasteiger partial charge in [0, 0.05) is 13.7 Å². The zero-order valence-corrected chi connectivity index (χ0v) is 27.3. The summed E-state index contributed by atoms with van der Waals surface area (Å²) >= 11 is 2.08. The standard InChI is InChI=1S/C30H37N4O6PS2/c1-33(2)19-26(20-39-29-15-8-5-11-24(29)17-16-23-10-9-12-25(18-23)37-3)40-22-43-41(36,38-4)42-21-34-30(35)27-13-6-7-14-28(27)31-32-34/h5-15,18,26H,16-17,19-22H2,1-4H3/t26-,41?/m1/s1. The Morgan fingerprint density at radius 1 is 0.977 bits per heavy atom. The predicted molar refractivity (Wildman–Crippen MR) is 174 cm³/mol. The lowest BCUT2D eigenvalue weighted by Gasteiger charge is -2.23. The van der Waals surface area contributed by atoms with Gasteiger partial charge in [0.1, 0.15) is 41.5 Å². The van der Waals surface area contributed by atoms with Crippen molar-refractivity contribution in [3.63, 3.8) is 0 Å². The average Bonchev–Trinajstić information content (AvgIpc) is 3.02. The summed E-state index contributed by atoms with van der Waals surface area (Å²) in [6.45, 7) is 0.931. The summed E-state index contributed by atoms with van der Waals surface area (Å²) in [4.78, 5) is 14.8. The van der Waals surface area contributed by atoms with Crippen LogP contribution in [0.4, 0.5) is 0 Å². The molecule has 1 heterocycles. The van der Waals surface area contributed by atoms with Crippen molar-refractivity contribution < 1.29 is 23.3 Å². The summed E-state index contributed by atoms with van der Waals surface area (Å²) in [6, 6.07) is 23.1. The highest BCUT2D eigenvalue weighted by molar-refractivity contribution is 8.89. The van der Waals surface area contributed by atoms with Crippen molar-refractivity contribution in [1.82, 2.24) is 19.9 Å². The van der Waals surface area contributed by atoms with E-state index in [1.165, 1.54) is 17.4 Å². The first-order valence-electron chi connectivity index (χ1n) is 13.7. The molecule has 0 spiro atoms. The number of aryl methyl sites for hydroxylation is 2. The quantitative estimate of drug-likeness (QED) is 0.104. The highest BCUT2D eigenvalue weighted by Gasteiger charge is 2.26. The molecule has 13 heteroatoms. The van der Waals surface area contributed by atoms with Crippen LogP contribution < -0.4 is 15.0 Å². The second kappa shape index (κ2) is 16.3. The van der Waals surface area contributed by atoms with Crippen molar-refractivity contribution >= 4 is 39.4 Å². The van der Waals surface area contributed by atoms with Crippen LogP contribution in [0.5, 0.6) is 11.5 Å². The Morgan fingerprint density at radius 2 is 1.77 bits per heavy atom. The van der Waals surface area contributed by atoms with E-state index < -0.39 is 5.77 Å². The third-order valence-electron chi connectivity index (χ3n) is 6.49. The molecule has 0 N–H and O–H groups in total. The monoisotopic (exact) mass is 644 g/mol. The minimum atomic E-state index is -3.25. The van der Waals surface area contributed by atoms with Crippen LogP contribution in [0, 0.1) is 0 Å². The van der Waals surface area contributed by atoms with Crippen molar-refractivity contribution in [2.24, 2.45) is 0 Å². The van der Waals surface area contributed by atoms with E-state index in [0.29, 0.717) is 24.1 Å². The molecule has 0 amide bonds. The van der Waals surface area contributed by atoms with E-state index in [-0.39, 0.29) is 23.5 Å². The van der Waals surface area contributed by atoms with E-state index in [4.69, 9.17) is 18.7 Å². The maximum atomic E-state index is 13.4. The van der Waals surface area contributed by atoms with E-state index in [1.807, 2.05) is 55.4 Å². The smallest absolute Gasteiger partial charge is 0.316 e. The molecule has 0 aliphatic carbocycles. The predicted octanol–water partition coefficient (Wildman–Crippen LogP) is 5.75. The Hall–Kier alpha value is -2.86. The molecule has 10 nitrogen and oxygen atoms in total. The lowest BCUT2D eigenvalue weighted by molar-refractivity contribution is 0.0315. The van der Waals surface area contributed by atoms with Crippen LogP contribution in [0.2, 0.25) is 0 Å². The first-order chi connectivity index (χ1) is 20.8. The molecule has 1 unspecified atom stereocenters. The molecule has 0 saturated heterocycles. The second-order valence-corrected chi connectivity index (χ2v) is 17.3. The molecule has 0 bridgehead atoms. The van der Waals surface area contributed by atoms with E-state index >= 15 is 0 Å². The van der Waals surface area contributed by atoms with Gasteiger partial charge < -0.3 is 23.6 Å². The number of hydrogen-bond acceptors (Lipinski definition) is 11. The molecule has 0 aliphatic rings. The van der Waals surface area contributed by atoms with Gasteiger partial charge in [0.05, 0.1) is 12.5 Å². The highest BCUT2D eigenvalue weighted by atomic mass is 33.1.